The van der Waals surface area contributed by atoms with E-state index in [4.69, 9.17) is 10.5 Å². The van der Waals surface area contributed by atoms with Crippen molar-refractivity contribution in [2.45, 2.75) is 25.6 Å². The van der Waals surface area contributed by atoms with Crippen molar-refractivity contribution >= 4 is 11.9 Å². The SMILES string of the molecule is CN(Cc1ccccc1)C(=O)[C@@H](N)CC(=O)OCc1ccccc1. The fourth-order valence-corrected chi connectivity index (χ4v) is 2.28. The van der Waals surface area contributed by atoms with E-state index in [2.05, 4.69) is 0 Å². The van der Waals surface area contributed by atoms with Crippen molar-refractivity contribution in [2.24, 2.45) is 5.73 Å². The van der Waals surface area contributed by atoms with Crippen LogP contribution in [-0.4, -0.2) is 29.9 Å². The van der Waals surface area contributed by atoms with Gasteiger partial charge < -0.3 is 15.4 Å². The summed E-state index contributed by atoms with van der Waals surface area (Å²) in [5, 5.41) is 0. The van der Waals surface area contributed by atoms with Crippen LogP contribution in [0.25, 0.3) is 0 Å². The van der Waals surface area contributed by atoms with Crippen LogP contribution < -0.4 is 5.73 Å². The fourth-order valence-electron chi connectivity index (χ4n) is 2.28. The Bertz CT molecular complexity index is 659. The van der Waals surface area contributed by atoms with Crippen molar-refractivity contribution in [1.29, 1.82) is 0 Å². The highest BCUT2D eigenvalue weighted by Crippen LogP contribution is 2.06. The molecule has 1 amide bonds. The molecule has 0 unspecified atom stereocenters. The summed E-state index contributed by atoms with van der Waals surface area (Å²) in [5.41, 5.74) is 7.75. The first-order valence-electron chi connectivity index (χ1n) is 7.80. The molecule has 0 bridgehead atoms. The van der Waals surface area contributed by atoms with E-state index in [1.165, 1.54) is 4.90 Å². The number of carbonyl (C=O) groups is 2. The van der Waals surface area contributed by atoms with Crippen molar-refractivity contribution in [3.8, 4) is 0 Å². The van der Waals surface area contributed by atoms with Crippen LogP contribution in [0.3, 0.4) is 0 Å². The van der Waals surface area contributed by atoms with Crippen LogP contribution in [-0.2, 0) is 27.5 Å². The number of likely N-dealkylation sites (N-methyl/N-ethyl adjacent to an activating group) is 1. The van der Waals surface area contributed by atoms with Crippen molar-refractivity contribution < 1.29 is 14.3 Å². The van der Waals surface area contributed by atoms with Gasteiger partial charge in [0, 0.05) is 13.6 Å². The first-order chi connectivity index (χ1) is 11.6. The lowest BCUT2D eigenvalue weighted by Crippen LogP contribution is -2.42. The number of hydrogen-bond acceptors (Lipinski definition) is 4. The zero-order valence-corrected chi connectivity index (χ0v) is 13.7. The molecule has 2 N–H and O–H groups in total. The summed E-state index contributed by atoms with van der Waals surface area (Å²) in [7, 11) is 1.67. The highest BCUT2D eigenvalue weighted by molar-refractivity contribution is 5.86. The number of hydrogen-bond donors (Lipinski definition) is 1. The van der Waals surface area contributed by atoms with Crippen LogP contribution >= 0.6 is 0 Å². The molecule has 5 heteroatoms. The van der Waals surface area contributed by atoms with Crippen molar-refractivity contribution in [3.63, 3.8) is 0 Å². The lowest BCUT2D eigenvalue weighted by Gasteiger charge is -2.21. The quantitative estimate of drug-likeness (QED) is 0.791. The molecule has 1 atom stereocenters. The van der Waals surface area contributed by atoms with Crippen molar-refractivity contribution in [2.75, 3.05) is 7.05 Å². The molecule has 2 rings (SSSR count). The fraction of sp³-hybridized carbons (Fsp3) is 0.263. The van der Waals surface area contributed by atoms with Gasteiger partial charge in [-0.15, -0.1) is 0 Å². The zero-order valence-electron chi connectivity index (χ0n) is 13.7. The maximum absolute atomic E-state index is 12.3. The average Bonchev–Trinajstić information content (AvgIpc) is 2.61. The van der Waals surface area contributed by atoms with Crippen LogP contribution in [0, 0.1) is 0 Å². The number of nitrogens with two attached hydrogens (primary N) is 1. The lowest BCUT2D eigenvalue weighted by molar-refractivity contribution is -0.148. The Morgan fingerprint density at radius 3 is 2.12 bits per heavy atom. The van der Waals surface area contributed by atoms with Gasteiger partial charge in [0.05, 0.1) is 12.5 Å². The van der Waals surface area contributed by atoms with Crippen LogP contribution in [0.5, 0.6) is 0 Å². The standard InChI is InChI=1S/C19H22N2O3/c1-21(13-15-8-4-2-5-9-15)19(23)17(20)12-18(22)24-14-16-10-6-3-7-11-16/h2-11,17H,12-14,20H2,1H3/t17-/m0/s1. The van der Waals surface area contributed by atoms with Crippen LogP contribution in [0.2, 0.25) is 0 Å². The van der Waals surface area contributed by atoms with E-state index in [0.29, 0.717) is 6.54 Å². The summed E-state index contributed by atoms with van der Waals surface area (Å²) >= 11 is 0. The van der Waals surface area contributed by atoms with Gasteiger partial charge in [0.2, 0.25) is 5.91 Å². The lowest BCUT2D eigenvalue weighted by atomic mass is 10.1. The van der Waals surface area contributed by atoms with Gasteiger partial charge in [-0.3, -0.25) is 9.59 Å². The molecule has 2 aromatic rings. The van der Waals surface area contributed by atoms with Crippen LogP contribution in [0.1, 0.15) is 17.5 Å². The van der Waals surface area contributed by atoms with Gasteiger partial charge in [-0.2, -0.15) is 0 Å². The molecule has 0 saturated heterocycles. The Hall–Kier alpha value is -2.66. The summed E-state index contributed by atoms with van der Waals surface area (Å²) in [5.74, 6) is -0.761. The summed E-state index contributed by atoms with van der Waals surface area (Å²) in [4.78, 5) is 25.6. The Balaban J connectivity index is 1.78. The molecular weight excluding hydrogens is 304 g/mol. The second-order valence-electron chi connectivity index (χ2n) is 5.64. The van der Waals surface area contributed by atoms with E-state index in [-0.39, 0.29) is 18.9 Å². The van der Waals surface area contributed by atoms with E-state index in [1.54, 1.807) is 7.05 Å². The van der Waals surface area contributed by atoms with Crippen molar-refractivity contribution in [1.82, 2.24) is 4.90 Å². The van der Waals surface area contributed by atoms with E-state index in [9.17, 15) is 9.59 Å². The van der Waals surface area contributed by atoms with Gasteiger partial charge >= 0.3 is 5.97 Å². The third-order valence-corrected chi connectivity index (χ3v) is 3.59. The number of ether oxygens (including phenoxy) is 1. The van der Waals surface area contributed by atoms with Gasteiger partial charge in [0.1, 0.15) is 6.61 Å². The predicted octanol–water partition coefficient (Wildman–Crippen LogP) is 2.11. The summed E-state index contributed by atoms with van der Waals surface area (Å²) in [6.07, 6.45) is -0.134. The molecule has 0 saturated carbocycles. The number of esters is 1. The molecule has 126 valence electrons. The third-order valence-electron chi connectivity index (χ3n) is 3.59. The maximum atomic E-state index is 12.3. The Morgan fingerprint density at radius 2 is 1.54 bits per heavy atom. The van der Waals surface area contributed by atoms with E-state index in [0.717, 1.165) is 11.1 Å². The Labute approximate surface area is 142 Å². The monoisotopic (exact) mass is 326 g/mol. The van der Waals surface area contributed by atoms with Gasteiger partial charge in [-0.05, 0) is 11.1 Å². The maximum Gasteiger partial charge on any atom is 0.308 e. The molecule has 0 heterocycles. The molecular formula is C19H22N2O3. The Morgan fingerprint density at radius 1 is 1.00 bits per heavy atom. The number of benzene rings is 2. The minimum Gasteiger partial charge on any atom is -0.461 e. The van der Waals surface area contributed by atoms with Crippen LogP contribution in [0.4, 0.5) is 0 Å². The van der Waals surface area contributed by atoms with Crippen LogP contribution in [0.15, 0.2) is 60.7 Å². The summed E-state index contributed by atoms with van der Waals surface area (Å²) in [6.45, 7) is 0.632. The molecule has 0 aliphatic rings. The van der Waals surface area contributed by atoms with Gasteiger partial charge in [0.15, 0.2) is 0 Å². The highest BCUT2D eigenvalue weighted by Gasteiger charge is 2.22. The number of amides is 1. The van der Waals surface area contributed by atoms with Crippen molar-refractivity contribution in [3.05, 3.63) is 71.8 Å². The average molecular weight is 326 g/mol. The largest absolute Gasteiger partial charge is 0.461 e. The topological polar surface area (TPSA) is 72.6 Å². The molecule has 0 fully saturated rings. The first kappa shape index (κ1) is 17.7. The second-order valence-corrected chi connectivity index (χ2v) is 5.64. The van der Waals surface area contributed by atoms with Gasteiger partial charge in [-0.1, -0.05) is 60.7 Å². The minimum atomic E-state index is -0.901. The van der Waals surface area contributed by atoms with E-state index >= 15 is 0 Å². The smallest absolute Gasteiger partial charge is 0.308 e. The third kappa shape index (κ3) is 5.52. The molecule has 0 radical (unpaired) electrons. The minimum absolute atomic E-state index is 0.134. The van der Waals surface area contributed by atoms with E-state index in [1.807, 2.05) is 60.7 Å². The molecule has 0 aliphatic carbocycles. The predicted molar refractivity (Wildman–Crippen MR) is 91.7 cm³/mol. The Kier molecular flexibility index (Phi) is 6.51. The summed E-state index contributed by atoms with van der Waals surface area (Å²) in [6, 6.07) is 18.1. The van der Waals surface area contributed by atoms with Gasteiger partial charge in [0.25, 0.3) is 0 Å². The normalized spacial score (nSPS) is 11.6. The number of nitrogens with zero attached hydrogens (tertiary/aromatic N) is 1. The first-order valence-corrected chi connectivity index (χ1v) is 7.80. The molecule has 2 aromatic carbocycles. The van der Waals surface area contributed by atoms with Gasteiger partial charge in [-0.25, -0.2) is 0 Å². The molecule has 24 heavy (non-hydrogen) atoms. The second kappa shape index (κ2) is 8.84. The molecule has 0 spiro atoms. The van der Waals surface area contributed by atoms with E-state index < -0.39 is 12.0 Å². The number of carbonyl (C=O) groups excluding carboxylic acids is 2. The number of rotatable bonds is 7. The highest BCUT2D eigenvalue weighted by atomic mass is 16.5. The summed E-state index contributed by atoms with van der Waals surface area (Å²) < 4.78 is 5.16. The molecule has 0 aromatic heterocycles. The zero-order chi connectivity index (χ0) is 17.4. The molecule has 5 nitrogen and oxygen atoms in total. The molecule has 0 aliphatic heterocycles.